The summed E-state index contributed by atoms with van der Waals surface area (Å²) in [5.74, 6) is 0.752. The Balaban J connectivity index is 2.13. The molecule has 0 amide bonds. The van der Waals surface area contributed by atoms with Crippen molar-refractivity contribution in [2.75, 3.05) is 14.2 Å². The minimum Gasteiger partial charge on any atom is -0.377 e. The molecular weight excluding hydrogens is 256 g/mol. The highest BCUT2D eigenvalue weighted by Gasteiger charge is 2.41. The monoisotopic (exact) mass is 282 g/mol. The van der Waals surface area contributed by atoms with Gasteiger partial charge in [-0.15, -0.1) is 11.3 Å². The van der Waals surface area contributed by atoms with Crippen molar-refractivity contribution in [3.63, 3.8) is 0 Å². The highest BCUT2D eigenvalue weighted by Crippen LogP contribution is 2.38. The van der Waals surface area contributed by atoms with Gasteiger partial charge in [-0.05, 0) is 32.7 Å². The summed E-state index contributed by atoms with van der Waals surface area (Å²) in [6.07, 6.45) is 5.88. The number of thiazole rings is 1. The fraction of sp³-hybridized carbons (Fsp3) is 0.800. The molecule has 1 aliphatic rings. The molecule has 1 fully saturated rings. The molecule has 3 unspecified atom stereocenters. The molecule has 108 valence electrons. The molecule has 2 rings (SSSR count). The molecule has 0 aromatic carbocycles. The topological polar surface area (TPSA) is 34.2 Å². The van der Waals surface area contributed by atoms with Crippen molar-refractivity contribution in [2.45, 2.75) is 57.6 Å². The lowest BCUT2D eigenvalue weighted by molar-refractivity contribution is -0.0775. The van der Waals surface area contributed by atoms with Gasteiger partial charge in [0.2, 0.25) is 0 Å². The Hall–Kier alpha value is -0.450. The van der Waals surface area contributed by atoms with E-state index in [2.05, 4.69) is 29.5 Å². The zero-order valence-electron chi connectivity index (χ0n) is 12.5. The fourth-order valence-corrected chi connectivity index (χ4v) is 4.23. The second-order valence-corrected chi connectivity index (χ2v) is 6.84. The van der Waals surface area contributed by atoms with Crippen LogP contribution >= 0.6 is 11.3 Å². The van der Waals surface area contributed by atoms with E-state index in [-0.39, 0.29) is 5.60 Å². The number of hydrogen-bond donors (Lipinski definition) is 1. The third-order valence-corrected chi connectivity index (χ3v) is 5.42. The molecule has 3 nitrogen and oxygen atoms in total. The maximum absolute atomic E-state index is 6.00. The van der Waals surface area contributed by atoms with Gasteiger partial charge in [0, 0.05) is 30.6 Å². The molecule has 0 saturated heterocycles. The zero-order chi connectivity index (χ0) is 13.9. The molecule has 0 spiro atoms. The quantitative estimate of drug-likeness (QED) is 0.900. The van der Waals surface area contributed by atoms with E-state index in [1.165, 1.54) is 17.8 Å². The van der Waals surface area contributed by atoms with Crippen LogP contribution in [0.4, 0.5) is 0 Å². The van der Waals surface area contributed by atoms with Gasteiger partial charge < -0.3 is 10.1 Å². The molecule has 3 atom stereocenters. The van der Waals surface area contributed by atoms with Gasteiger partial charge in [0.15, 0.2) is 0 Å². The number of nitrogens with one attached hydrogen (secondary N) is 1. The number of ether oxygens (including phenoxy) is 1. The molecule has 1 N–H and O–H groups in total. The first-order valence-corrected chi connectivity index (χ1v) is 8.11. The second-order valence-electron chi connectivity index (χ2n) is 5.90. The average Bonchev–Trinajstić information content (AvgIpc) is 2.81. The fourth-order valence-electron chi connectivity index (χ4n) is 3.41. The Labute approximate surface area is 120 Å². The first kappa shape index (κ1) is 14.9. The number of aryl methyl sites for hydroxylation is 1. The van der Waals surface area contributed by atoms with Gasteiger partial charge in [0.25, 0.3) is 0 Å². The molecule has 1 heterocycles. The van der Waals surface area contributed by atoms with Crippen LogP contribution in [0.5, 0.6) is 0 Å². The minimum atomic E-state index is -0.0218. The van der Waals surface area contributed by atoms with Gasteiger partial charge in [-0.1, -0.05) is 19.8 Å². The smallest absolute Gasteiger partial charge is 0.0944 e. The van der Waals surface area contributed by atoms with Crippen LogP contribution in [-0.4, -0.2) is 30.8 Å². The summed E-state index contributed by atoms with van der Waals surface area (Å²) < 4.78 is 6.00. The molecule has 1 aromatic heterocycles. The summed E-state index contributed by atoms with van der Waals surface area (Å²) in [4.78, 5) is 4.60. The standard InChI is InChI=1S/C15H26N2OS/c1-11-6-5-7-15(9-11,18-4)13(16-3)8-14-17-12(2)10-19-14/h10-11,13,16H,5-9H2,1-4H3. The Kier molecular flexibility index (Phi) is 4.98. The van der Waals surface area contributed by atoms with E-state index in [9.17, 15) is 0 Å². The van der Waals surface area contributed by atoms with Crippen molar-refractivity contribution < 1.29 is 4.74 Å². The van der Waals surface area contributed by atoms with E-state index in [1.54, 1.807) is 11.3 Å². The van der Waals surface area contributed by atoms with Crippen LogP contribution in [0.2, 0.25) is 0 Å². The Morgan fingerprint density at radius 3 is 2.95 bits per heavy atom. The molecule has 1 aromatic rings. The van der Waals surface area contributed by atoms with Gasteiger partial charge in [0.1, 0.15) is 0 Å². The first-order valence-electron chi connectivity index (χ1n) is 7.23. The summed E-state index contributed by atoms with van der Waals surface area (Å²) in [6.45, 7) is 4.40. The Morgan fingerprint density at radius 1 is 1.63 bits per heavy atom. The van der Waals surface area contributed by atoms with Crippen LogP contribution in [0.15, 0.2) is 5.38 Å². The maximum Gasteiger partial charge on any atom is 0.0944 e. The highest BCUT2D eigenvalue weighted by molar-refractivity contribution is 7.09. The SMILES string of the molecule is CNC(Cc1nc(C)cs1)C1(OC)CCCC(C)C1. The van der Waals surface area contributed by atoms with E-state index in [1.807, 2.05) is 14.2 Å². The lowest BCUT2D eigenvalue weighted by Gasteiger charge is -2.44. The van der Waals surface area contributed by atoms with Gasteiger partial charge in [-0.25, -0.2) is 4.98 Å². The van der Waals surface area contributed by atoms with E-state index in [0.29, 0.717) is 6.04 Å². The molecule has 0 bridgehead atoms. The minimum absolute atomic E-state index is 0.0218. The zero-order valence-corrected chi connectivity index (χ0v) is 13.3. The molecule has 4 heteroatoms. The van der Waals surface area contributed by atoms with Gasteiger partial charge in [-0.2, -0.15) is 0 Å². The van der Waals surface area contributed by atoms with Crippen LogP contribution < -0.4 is 5.32 Å². The predicted octanol–water partition coefficient (Wildman–Crippen LogP) is 3.18. The predicted molar refractivity (Wildman–Crippen MR) is 80.8 cm³/mol. The Morgan fingerprint density at radius 2 is 2.42 bits per heavy atom. The van der Waals surface area contributed by atoms with Gasteiger partial charge >= 0.3 is 0 Å². The molecular formula is C15H26N2OS. The van der Waals surface area contributed by atoms with Crippen LogP contribution in [0.3, 0.4) is 0 Å². The lowest BCUT2D eigenvalue weighted by Crippen LogP contribution is -2.54. The number of hydrogen-bond acceptors (Lipinski definition) is 4. The third kappa shape index (κ3) is 3.36. The maximum atomic E-state index is 6.00. The summed E-state index contributed by atoms with van der Waals surface area (Å²) in [5, 5.41) is 6.83. The van der Waals surface area contributed by atoms with Gasteiger partial charge in [-0.3, -0.25) is 0 Å². The van der Waals surface area contributed by atoms with Crippen molar-refractivity contribution in [1.29, 1.82) is 0 Å². The van der Waals surface area contributed by atoms with E-state index < -0.39 is 0 Å². The molecule has 0 aliphatic heterocycles. The number of nitrogens with zero attached hydrogens (tertiary/aromatic N) is 1. The summed E-state index contributed by atoms with van der Waals surface area (Å²) in [7, 11) is 3.92. The van der Waals surface area contributed by atoms with Crippen molar-refractivity contribution in [2.24, 2.45) is 5.92 Å². The van der Waals surface area contributed by atoms with Crippen molar-refractivity contribution >= 4 is 11.3 Å². The van der Waals surface area contributed by atoms with Crippen LogP contribution in [0, 0.1) is 12.8 Å². The first-order chi connectivity index (χ1) is 9.09. The molecule has 1 aliphatic carbocycles. The number of likely N-dealkylation sites (N-methyl/N-ethyl adjacent to an activating group) is 1. The summed E-state index contributed by atoms with van der Waals surface area (Å²) in [5.41, 5.74) is 1.10. The van der Waals surface area contributed by atoms with E-state index in [4.69, 9.17) is 4.74 Å². The number of aromatic nitrogens is 1. The molecule has 19 heavy (non-hydrogen) atoms. The lowest BCUT2D eigenvalue weighted by atomic mass is 9.73. The summed E-state index contributed by atoms with van der Waals surface area (Å²) in [6, 6.07) is 0.353. The Bertz CT molecular complexity index is 407. The van der Waals surface area contributed by atoms with Crippen LogP contribution in [0.25, 0.3) is 0 Å². The van der Waals surface area contributed by atoms with Crippen molar-refractivity contribution in [3.05, 3.63) is 16.1 Å². The van der Waals surface area contributed by atoms with E-state index >= 15 is 0 Å². The molecule has 1 saturated carbocycles. The van der Waals surface area contributed by atoms with Crippen molar-refractivity contribution in [3.8, 4) is 0 Å². The van der Waals surface area contributed by atoms with Crippen molar-refractivity contribution in [1.82, 2.24) is 10.3 Å². The average molecular weight is 282 g/mol. The number of rotatable bonds is 5. The van der Waals surface area contributed by atoms with Crippen LogP contribution in [-0.2, 0) is 11.2 Å². The second kappa shape index (κ2) is 6.33. The van der Waals surface area contributed by atoms with Gasteiger partial charge in [0.05, 0.1) is 10.6 Å². The van der Waals surface area contributed by atoms with Crippen LogP contribution in [0.1, 0.15) is 43.3 Å². The third-order valence-electron chi connectivity index (χ3n) is 4.43. The number of methoxy groups -OCH3 is 1. The highest BCUT2D eigenvalue weighted by atomic mass is 32.1. The molecule has 0 radical (unpaired) electrons. The largest absolute Gasteiger partial charge is 0.377 e. The normalized spacial score (nSPS) is 29.4. The summed E-state index contributed by atoms with van der Waals surface area (Å²) >= 11 is 1.76. The van der Waals surface area contributed by atoms with E-state index in [0.717, 1.165) is 30.9 Å².